The average Bonchev–Trinajstić information content (AvgIpc) is 2.78. The molecular weight excluding hydrogens is 358 g/mol. The summed E-state index contributed by atoms with van der Waals surface area (Å²) in [5.41, 5.74) is 2.70. The van der Waals surface area contributed by atoms with Crippen molar-refractivity contribution in [1.82, 2.24) is 20.1 Å². The van der Waals surface area contributed by atoms with E-state index in [2.05, 4.69) is 61.5 Å². The number of guanidine groups is 1. The fourth-order valence-electron chi connectivity index (χ4n) is 4.91. The van der Waals surface area contributed by atoms with Gasteiger partial charge in [0.2, 0.25) is 0 Å². The minimum absolute atomic E-state index is 0.703. The number of pyridine rings is 1. The van der Waals surface area contributed by atoms with E-state index in [1.54, 1.807) is 0 Å². The Kier molecular flexibility index (Phi) is 6.78. The van der Waals surface area contributed by atoms with Crippen molar-refractivity contribution in [2.45, 2.75) is 38.3 Å². The Morgan fingerprint density at radius 2 is 1.97 bits per heavy atom. The highest BCUT2D eigenvalue weighted by molar-refractivity contribution is 5.80. The van der Waals surface area contributed by atoms with Crippen molar-refractivity contribution in [3.8, 4) is 0 Å². The Balaban J connectivity index is 1.31. The molecule has 0 radical (unpaired) electrons. The monoisotopic (exact) mass is 391 g/mol. The highest BCUT2D eigenvalue weighted by atomic mass is 15.3. The highest BCUT2D eigenvalue weighted by Crippen LogP contribution is 2.31. The molecule has 154 valence electrons. The van der Waals surface area contributed by atoms with Gasteiger partial charge < -0.3 is 10.2 Å². The Morgan fingerprint density at radius 1 is 1.10 bits per heavy atom. The summed E-state index contributed by atoms with van der Waals surface area (Å²) in [7, 11) is 1.90. The van der Waals surface area contributed by atoms with Crippen molar-refractivity contribution < 1.29 is 0 Å². The quantitative estimate of drug-likeness (QED) is 0.628. The molecule has 5 nitrogen and oxygen atoms in total. The van der Waals surface area contributed by atoms with Gasteiger partial charge in [-0.05, 0) is 55.3 Å². The van der Waals surface area contributed by atoms with Gasteiger partial charge in [0.1, 0.15) is 0 Å². The summed E-state index contributed by atoms with van der Waals surface area (Å²) in [6.45, 7) is 5.40. The van der Waals surface area contributed by atoms with Gasteiger partial charge in [0.15, 0.2) is 5.96 Å². The normalized spacial score (nSPS) is 22.9. The second kappa shape index (κ2) is 9.88. The number of piperidine rings is 2. The van der Waals surface area contributed by atoms with Crippen LogP contribution in [0.25, 0.3) is 0 Å². The molecule has 4 rings (SSSR count). The predicted octanol–water partition coefficient (Wildman–Crippen LogP) is 3.19. The van der Waals surface area contributed by atoms with Crippen LogP contribution in [-0.2, 0) is 13.0 Å². The Bertz CT molecular complexity index is 776. The summed E-state index contributed by atoms with van der Waals surface area (Å²) in [5.74, 6) is 1.78. The zero-order valence-corrected chi connectivity index (χ0v) is 17.5. The molecule has 0 bridgehead atoms. The fraction of sp³-hybridized carbons (Fsp3) is 0.500. The first-order chi connectivity index (χ1) is 14.3. The number of aliphatic imine (C=N–C) groups is 1. The third kappa shape index (κ3) is 5.15. The largest absolute Gasteiger partial charge is 0.356 e. The number of hydrogen-bond donors (Lipinski definition) is 1. The first-order valence-electron chi connectivity index (χ1n) is 11.0. The van der Waals surface area contributed by atoms with Gasteiger partial charge in [-0.3, -0.25) is 14.9 Å². The second-order valence-corrected chi connectivity index (χ2v) is 8.25. The van der Waals surface area contributed by atoms with Crippen LogP contribution in [0.4, 0.5) is 0 Å². The fourth-order valence-corrected chi connectivity index (χ4v) is 4.91. The van der Waals surface area contributed by atoms with Gasteiger partial charge in [0, 0.05) is 51.7 Å². The van der Waals surface area contributed by atoms with Gasteiger partial charge in [0.05, 0.1) is 0 Å². The van der Waals surface area contributed by atoms with Crippen molar-refractivity contribution in [3.63, 3.8) is 0 Å². The lowest BCUT2D eigenvalue weighted by Gasteiger charge is -2.48. The number of aromatic nitrogens is 1. The van der Waals surface area contributed by atoms with Crippen LogP contribution >= 0.6 is 0 Å². The van der Waals surface area contributed by atoms with Crippen molar-refractivity contribution in [3.05, 3.63) is 66.0 Å². The molecule has 0 saturated carbocycles. The van der Waals surface area contributed by atoms with E-state index in [-0.39, 0.29) is 0 Å². The number of likely N-dealkylation sites (tertiary alicyclic amines) is 2. The molecular formula is C24H33N5. The lowest BCUT2D eigenvalue weighted by molar-refractivity contribution is 0.0373. The maximum absolute atomic E-state index is 4.57. The molecule has 2 fully saturated rings. The molecule has 1 aromatic carbocycles. The molecule has 5 heteroatoms. The summed E-state index contributed by atoms with van der Waals surface area (Å²) >= 11 is 0. The van der Waals surface area contributed by atoms with E-state index in [1.807, 2.05) is 25.5 Å². The number of rotatable bonds is 5. The second-order valence-electron chi connectivity index (χ2n) is 8.25. The summed E-state index contributed by atoms with van der Waals surface area (Å²) in [5, 5.41) is 3.57. The third-order valence-electron chi connectivity index (χ3n) is 6.34. The molecule has 3 heterocycles. The van der Waals surface area contributed by atoms with Gasteiger partial charge in [0.25, 0.3) is 0 Å². The molecule has 1 N–H and O–H groups in total. The minimum atomic E-state index is 0.703. The molecule has 2 unspecified atom stereocenters. The van der Waals surface area contributed by atoms with E-state index >= 15 is 0 Å². The Hall–Kier alpha value is -2.40. The predicted molar refractivity (Wildman–Crippen MR) is 119 cm³/mol. The lowest BCUT2D eigenvalue weighted by Crippen LogP contribution is -2.56. The first kappa shape index (κ1) is 19.9. The minimum Gasteiger partial charge on any atom is -0.356 e. The van der Waals surface area contributed by atoms with Crippen molar-refractivity contribution >= 4 is 5.96 Å². The average molecular weight is 392 g/mol. The Morgan fingerprint density at radius 3 is 2.76 bits per heavy atom. The van der Waals surface area contributed by atoms with Crippen molar-refractivity contribution in [2.24, 2.45) is 10.9 Å². The van der Waals surface area contributed by atoms with E-state index in [1.165, 1.54) is 36.9 Å². The lowest BCUT2D eigenvalue weighted by atomic mass is 9.83. The molecule has 0 aliphatic carbocycles. The third-order valence-corrected chi connectivity index (χ3v) is 6.34. The maximum atomic E-state index is 4.57. The number of nitrogens with zero attached hydrogens (tertiary/aromatic N) is 4. The number of benzene rings is 1. The molecule has 2 saturated heterocycles. The maximum Gasteiger partial charge on any atom is 0.193 e. The number of nitrogens with one attached hydrogen (secondary N) is 1. The van der Waals surface area contributed by atoms with Crippen LogP contribution < -0.4 is 5.32 Å². The summed E-state index contributed by atoms with van der Waals surface area (Å²) in [6.07, 6.45) is 8.59. The number of hydrogen-bond acceptors (Lipinski definition) is 3. The molecule has 2 aliphatic heterocycles. The van der Waals surface area contributed by atoms with Crippen LogP contribution in [-0.4, -0.2) is 60.0 Å². The molecule has 1 aromatic heterocycles. The van der Waals surface area contributed by atoms with E-state index in [4.69, 9.17) is 0 Å². The van der Waals surface area contributed by atoms with E-state index < -0.39 is 0 Å². The van der Waals surface area contributed by atoms with Gasteiger partial charge in [-0.1, -0.05) is 36.4 Å². The van der Waals surface area contributed by atoms with Crippen LogP contribution in [0.15, 0.2) is 59.9 Å². The van der Waals surface area contributed by atoms with Crippen LogP contribution in [0.1, 0.15) is 30.4 Å². The molecule has 2 aromatic rings. The van der Waals surface area contributed by atoms with Crippen molar-refractivity contribution in [2.75, 3.05) is 33.2 Å². The van der Waals surface area contributed by atoms with Gasteiger partial charge in [-0.2, -0.15) is 0 Å². The smallest absolute Gasteiger partial charge is 0.193 e. The van der Waals surface area contributed by atoms with E-state index in [9.17, 15) is 0 Å². The summed E-state index contributed by atoms with van der Waals surface area (Å²) in [6, 6.07) is 15.8. The SMILES string of the molecule is CN=C(NCCc1cccnc1)N1CCC2C(CCCN2Cc2ccccc2)C1. The molecule has 29 heavy (non-hydrogen) atoms. The van der Waals surface area contributed by atoms with Gasteiger partial charge in [-0.15, -0.1) is 0 Å². The van der Waals surface area contributed by atoms with Crippen LogP contribution in [0, 0.1) is 5.92 Å². The molecule has 2 aliphatic rings. The first-order valence-corrected chi connectivity index (χ1v) is 11.0. The van der Waals surface area contributed by atoms with Crippen LogP contribution in [0.5, 0.6) is 0 Å². The van der Waals surface area contributed by atoms with Crippen LogP contribution in [0.3, 0.4) is 0 Å². The zero-order valence-electron chi connectivity index (χ0n) is 17.5. The Labute approximate surface area is 174 Å². The zero-order chi connectivity index (χ0) is 19.9. The molecule has 0 amide bonds. The summed E-state index contributed by atoms with van der Waals surface area (Å²) < 4.78 is 0. The van der Waals surface area contributed by atoms with Crippen LogP contribution in [0.2, 0.25) is 0 Å². The van der Waals surface area contributed by atoms with Crippen molar-refractivity contribution in [1.29, 1.82) is 0 Å². The van der Waals surface area contributed by atoms with Gasteiger partial charge >= 0.3 is 0 Å². The highest BCUT2D eigenvalue weighted by Gasteiger charge is 2.36. The molecule has 0 spiro atoms. The summed E-state index contributed by atoms with van der Waals surface area (Å²) in [4.78, 5) is 14.0. The van der Waals surface area contributed by atoms with E-state index in [0.717, 1.165) is 44.5 Å². The molecule has 2 atom stereocenters. The standard InChI is InChI=1S/C24H33N5/c1-25-24(27-14-11-20-9-5-13-26-17-20)29-16-12-23-22(19-29)10-6-15-28(23)18-21-7-3-2-4-8-21/h2-5,7-9,13,17,22-23H,6,10-12,14-16,18-19H2,1H3,(H,25,27). The van der Waals surface area contributed by atoms with Gasteiger partial charge in [-0.25, -0.2) is 0 Å². The van der Waals surface area contributed by atoms with E-state index in [0.29, 0.717) is 6.04 Å². The number of fused-ring (bicyclic) bond motifs is 1. The topological polar surface area (TPSA) is 43.8 Å².